The molecule has 2 aliphatic rings. The van der Waals surface area contributed by atoms with Crippen LogP contribution in [0.15, 0.2) is 93.1 Å². The Bertz CT molecular complexity index is 2010. The van der Waals surface area contributed by atoms with E-state index in [4.69, 9.17) is 16.0 Å². The molecule has 7 nitrogen and oxygen atoms in total. The van der Waals surface area contributed by atoms with Crippen molar-refractivity contribution in [3.8, 4) is 28.2 Å². The van der Waals surface area contributed by atoms with E-state index in [1.807, 2.05) is 37.3 Å². The monoisotopic (exact) mass is 534 g/mol. The number of halogens is 1. The Hall–Kier alpha value is -5.01. The van der Waals surface area contributed by atoms with Crippen LogP contribution in [-0.4, -0.2) is 27.4 Å². The molecule has 0 spiro atoms. The number of benzene rings is 4. The maximum atomic E-state index is 12.4. The van der Waals surface area contributed by atoms with Gasteiger partial charge in [-0.05, 0) is 48.9 Å². The highest BCUT2D eigenvalue weighted by molar-refractivity contribution is 6.31. The number of aromatic hydroxyl groups is 1. The van der Waals surface area contributed by atoms with Crippen LogP contribution in [0.5, 0.6) is 5.75 Å². The van der Waals surface area contributed by atoms with E-state index < -0.39 is 11.4 Å². The van der Waals surface area contributed by atoms with Crippen LogP contribution in [0.25, 0.3) is 44.3 Å². The van der Waals surface area contributed by atoms with E-state index in [1.54, 1.807) is 24.3 Å². The summed E-state index contributed by atoms with van der Waals surface area (Å²) >= 11 is 6.20. The van der Waals surface area contributed by atoms with Crippen LogP contribution in [0.4, 0.5) is 5.69 Å². The number of hydrogen-bond donors (Lipinski definition) is 2. The summed E-state index contributed by atoms with van der Waals surface area (Å²) in [6.45, 7) is 1.90. The first-order chi connectivity index (χ1) is 18.8. The second-order valence-electron chi connectivity index (χ2n) is 9.04. The van der Waals surface area contributed by atoms with Crippen molar-refractivity contribution >= 4 is 51.3 Å². The molecule has 4 aromatic rings. The predicted octanol–water partition coefficient (Wildman–Crippen LogP) is 7.23. The number of rotatable bonds is 4. The van der Waals surface area contributed by atoms with E-state index in [-0.39, 0.29) is 33.2 Å². The molecule has 0 bridgehead atoms. The first kappa shape index (κ1) is 24.3. The number of pyridine rings is 1. The molecule has 0 unspecified atom stereocenters. The van der Waals surface area contributed by atoms with Gasteiger partial charge in [-0.25, -0.2) is 4.79 Å². The molecule has 1 aliphatic heterocycles. The largest absolute Gasteiger partial charge is 0.507 e. The number of nitrogens with zero attached hydrogens (tertiary/aromatic N) is 2. The zero-order valence-electron chi connectivity index (χ0n) is 20.5. The van der Waals surface area contributed by atoms with Crippen LogP contribution in [0, 0.1) is 6.92 Å². The van der Waals surface area contributed by atoms with Crippen molar-refractivity contribution in [2.24, 2.45) is 4.99 Å². The molecule has 190 valence electrons. The van der Waals surface area contributed by atoms with Crippen LogP contribution >= 0.6 is 11.6 Å². The fourth-order valence-electron chi connectivity index (χ4n) is 4.74. The van der Waals surface area contributed by atoms with Crippen LogP contribution in [0.2, 0.25) is 5.02 Å². The summed E-state index contributed by atoms with van der Waals surface area (Å²) < 4.78 is 6.18. The van der Waals surface area contributed by atoms with Crippen molar-refractivity contribution in [1.82, 2.24) is 4.98 Å². The second-order valence-corrected chi connectivity index (χ2v) is 9.45. The maximum absolute atomic E-state index is 12.4. The molecule has 39 heavy (non-hydrogen) atoms. The van der Waals surface area contributed by atoms with Gasteiger partial charge in [0.15, 0.2) is 0 Å². The minimum atomic E-state index is -1.11. The normalized spacial score (nSPS) is 11.6. The summed E-state index contributed by atoms with van der Waals surface area (Å²) in [7, 11) is 0. The quantitative estimate of drug-likeness (QED) is 0.182. The molecule has 0 saturated heterocycles. The number of carboxylic acid groups (broad SMARTS) is 1. The van der Waals surface area contributed by atoms with E-state index in [9.17, 15) is 19.8 Å². The smallest absolute Gasteiger partial charge is 0.336 e. The van der Waals surface area contributed by atoms with E-state index in [0.717, 1.165) is 11.1 Å². The lowest BCUT2D eigenvalue weighted by molar-refractivity contribution is 0.0697. The van der Waals surface area contributed by atoms with Gasteiger partial charge in [-0.3, -0.25) is 14.8 Å². The summed E-state index contributed by atoms with van der Waals surface area (Å²) in [5.74, 6) is -1.03. The molecule has 6 rings (SSSR count). The lowest BCUT2D eigenvalue weighted by atomic mass is 9.90. The molecule has 0 amide bonds. The molecule has 2 heterocycles. The first-order valence-electron chi connectivity index (χ1n) is 12.0. The van der Waals surface area contributed by atoms with Gasteiger partial charge in [0.2, 0.25) is 5.43 Å². The Labute approximate surface area is 226 Å². The van der Waals surface area contributed by atoms with Gasteiger partial charge in [0.05, 0.1) is 27.4 Å². The lowest BCUT2D eigenvalue weighted by Crippen LogP contribution is -2.05. The van der Waals surface area contributed by atoms with Gasteiger partial charge in [0, 0.05) is 39.9 Å². The number of aromatic nitrogens is 1. The van der Waals surface area contributed by atoms with Gasteiger partial charge in [-0.2, -0.15) is 0 Å². The Balaban J connectivity index is 1.68. The molecule has 2 N–H and O–H groups in total. The van der Waals surface area contributed by atoms with Gasteiger partial charge >= 0.3 is 5.97 Å². The Morgan fingerprint density at radius 3 is 2.64 bits per heavy atom. The summed E-state index contributed by atoms with van der Waals surface area (Å²) in [5, 5.41) is 22.2. The zero-order chi connectivity index (χ0) is 27.3. The number of carbonyl (C=O) groups is 1. The number of carboxylic acids is 1. The van der Waals surface area contributed by atoms with E-state index in [2.05, 4.69) is 9.98 Å². The number of phenols is 1. The minimum absolute atomic E-state index is 0.0228. The van der Waals surface area contributed by atoms with Crippen molar-refractivity contribution in [1.29, 1.82) is 0 Å². The van der Waals surface area contributed by atoms with Crippen molar-refractivity contribution in [2.45, 2.75) is 6.92 Å². The van der Waals surface area contributed by atoms with Crippen LogP contribution in [0.1, 0.15) is 21.6 Å². The fourth-order valence-corrected chi connectivity index (χ4v) is 4.90. The van der Waals surface area contributed by atoms with Gasteiger partial charge in [-0.1, -0.05) is 48.0 Å². The number of fused-ring (bicyclic) bond motifs is 3. The summed E-state index contributed by atoms with van der Waals surface area (Å²) in [4.78, 5) is 33.8. The van der Waals surface area contributed by atoms with Gasteiger partial charge in [-0.15, -0.1) is 0 Å². The zero-order valence-corrected chi connectivity index (χ0v) is 21.2. The molecule has 0 atom stereocenters. The van der Waals surface area contributed by atoms with Crippen molar-refractivity contribution < 1.29 is 19.4 Å². The number of hydrogen-bond acceptors (Lipinski definition) is 6. The predicted molar refractivity (Wildman–Crippen MR) is 152 cm³/mol. The molecule has 0 radical (unpaired) electrons. The van der Waals surface area contributed by atoms with E-state index in [1.165, 1.54) is 30.5 Å². The van der Waals surface area contributed by atoms with E-state index in [0.29, 0.717) is 33.3 Å². The Kier molecular flexibility index (Phi) is 5.85. The number of aromatic carboxylic acids is 1. The number of para-hydroxylation sites is 1. The van der Waals surface area contributed by atoms with Crippen LogP contribution in [0.3, 0.4) is 0 Å². The highest BCUT2D eigenvalue weighted by atomic mass is 35.5. The maximum Gasteiger partial charge on any atom is 0.336 e. The number of aryl methyl sites for hydroxylation is 1. The number of aliphatic imine (C=N–C) groups is 1. The van der Waals surface area contributed by atoms with Crippen molar-refractivity contribution in [2.75, 3.05) is 0 Å². The van der Waals surface area contributed by atoms with Crippen LogP contribution in [-0.2, 0) is 0 Å². The molecule has 1 aliphatic carbocycles. The first-order valence-corrected chi connectivity index (χ1v) is 12.3. The SMILES string of the molecule is Cc1ccc2cccc(/N=C/c3c(O)ccc4c(-c5ccccc5C(=O)O)c5cc(Cl)c(=O)cc-5oc34)c2n1. The van der Waals surface area contributed by atoms with Gasteiger partial charge in [0.1, 0.15) is 17.1 Å². The minimum Gasteiger partial charge on any atom is -0.507 e. The molecule has 0 saturated carbocycles. The van der Waals surface area contributed by atoms with Gasteiger partial charge in [0.25, 0.3) is 0 Å². The summed E-state index contributed by atoms with van der Waals surface area (Å²) in [6, 6.07) is 21.9. The molecule has 1 aromatic heterocycles. The number of phenolic OH excluding ortho intramolecular Hbond substituents is 1. The molecule has 3 aromatic carbocycles. The third-order valence-corrected chi connectivity index (χ3v) is 6.85. The van der Waals surface area contributed by atoms with Crippen molar-refractivity contribution in [3.05, 3.63) is 111 Å². The Morgan fingerprint density at radius 2 is 1.82 bits per heavy atom. The second kappa shape index (κ2) is 9.38. The average molecular weight is 535 g/mol. The van der Waals surface area contributed by atoms with Gasteiger partial charge < -0.3 is 14.6 Å². The summed E-state index contributed by atoms with van der Waals surface area (Å²) in [5.41, 5.74) is 3.62. The highest BCUT2D eigenvalue weighted by Gasteiger charge is 2.24. The molecule has 8 heteroatoms. The topological polar surface area (TPSA) is 113 Å². The third-order valence-electron chi connectivity index (χ3n) is 6.56. The lowest BCUT2D eigenvalue weighted by Gasteiger charge is -2.18. The summed E-state index contributed by atoms with van der Waals surface area (Å²) in [6.07, 6.45) is 1.48. The molecular weight excluding hydrogens is 516 g/mol. The van der Waals surface area contributed by atoms with E-state index >= 15 is 0 Å². The Morgan fingerprint density at radius 1 is 1.00 bits per heavy atom. The average Bonchev–Trinajstić information content (AvgIpc) is 2.92. The third kappa shape index (κ3) is 4.19. The van der Waals surface area contributed by atoms with Crippen LogP contribution < -0.4 is 5.43 Å². The fraction of sp³-hybridized carbons (Fsp3) is 0.0323. The standard InChI is InChI=1S/C31H19ClN2O5/c1-16-9-10-17-5-4-8-24(29(17)34-16)33-15-22-25(35)12-11-20-28(18-6-2-3-7-19(18)31(37)38)21-13-23(32)26(36)14-27(21)39-30(20)22/h2-15,35H,1H3,(H,37,38)/b33-15+. The molecular formula is C31H19ClN2O5. The molecule has 0 fully saturated rings. The highest BCUT2D eigenvalue weighted by Crippen LogP contribution is 2.44. The van der Waals surface area contributed by atoms with Crippen molar-refractivity contribution in [3.63, 3.8) is 0 Å².